The van der Waals surface area contributed by atoms with Crippen LogP contribution in [0.2, 0.25) is 0 Å². The Morgan fingerprint density at radius 1 is 1.47 bits per heavy atom. The molecule has 0 radical (unpaired) electrons. The zero-order chi connectivity index (χ0) is 11.6. The number of carboxylic acid groups (broad SMARTS) is 1. The first-order valence-electron chi connectivity index (χ1n) is 4.72. The molecule has 1 rings (SSSR count). The van der Waals surface area contributed by atoms with Gasteiger partial charge in [-0.1, -0.05) is 25.6 Å². The van der Waals surface area contributed by atoms with Gasteiger partial charge in [0.1, 0.15) is 5.54 Å². The Labute approximate surface area is 91.8 Å². The minimum absolute atomic E-state index is 0.0495. The molecular formula is C9H13NO4S. The Bertz CT molecular complexity index is 295. The summed E-state index contributed by atoms with van der Waals surface area (Å²) < 4.78 is 0. The van der Waals surface area contributed by atoms with Gasteiger partial charge in [0.05, 0.1) is 5.75 Å². The van der Waals surface area contributed by atoms with Gasteiger partial charge in [0.2, 0.25) is 5.91 Å². The predicted molar refractivity (Wildman–Crippen MR) is 55.6 cm³/mol. The Hall–Kier alpha value is -1.04. The third kappa shape index (κ3) is 1.73. The number of amides is 2. The number of aliphatic carboxylic acids is 1. The van der Waals surface area contributed by atoms with Crippen LogP contribution >= 0.6 is 11.8 Å². The van der Waals surface area contributed by atoms with Crippen molar-refractivity contribution < 1.29 is 19.5 Å². The summed E-state index contributed by atoms with van der Waals surface area (Å²) in [5, 5.41) is 8.71. The number of thioether (sulfide) groups is 1. The molecule has 0 aromatic heterocycles. The van der Waals surface area contributed by atoms with Crippen molar-refractivity contribution in [3.63, 3.8) is 0 Å². The Balaban J connectivity index is 3.13. The van der Waals surface area contributed by atoms with Crippen LogP contribution in [-0.2, 0) is 9.59 Å². The molecule has 0 saturated carbocycles. The van der Waals surface area contributed by atoms with Crippen molar-refractivity contribution in [2.45, 2.75) is 32.2 Å². The molecule has 15 heavy (non-hydrogen) atoms. The van der Waals surface area contributed by atoms with Crippen molar-refractivity contribution in [1.82, 2.24) is 4.90 Å². The van der Waals surface area contributed by atoms with Crippen LogP contribution in [-0.4, -0.2) is 38.4 Å². The normalized spacial score (nSPS) is 17.3. The van der Waals surface area contributed by atoms with Crippen molar-refractivity contribution in [2.24, 2.45) is 0 Å². The molecule has 0 aromatic carbocycles. The number of hydrogen-bond acceptors (Lipinski definition) is 4. The highest BCUT2D eigenvalue weighted by Crippen LogP contribution is 2.32. The van der Waals surface area contributed by atoms with Crippen LogP contribution in [0.3, 0.4) is 0 Å². The number of imide groups is 1. The van der Waals surface area contributed by atoms with Gasteiger partial charge in [0, 0.05) is 0 Å². The highest BCUT2D eigenvalue weighted by Gasteiger charge is 2.50. The average molecular weight is 231 g/mol. The van der Waals surface area contributed by atoms with Gasteiger partial charge in [-0.25, -0.2) is 4.79 Å². The van der Waals surface area contributed by atoms with Crippen LogP contribution < -0.4 is 0 Å². The van der Waals surface area contributed by atoms with Crippen molar-refractivity contribution >= 4 is 28.9 Å². The fourth-order valence-corrected chi connectivity index (χ4v) is 2.51. The van der Waals surface area contributed by atoms with Gasteiger partial charge in [-0.15, -0.1) is 0 Å². The first kappa shape index (κ1) is 12.0. The summed E-state index contributed by atoms with van der Waals surface area (Å²) in [6.45, 7) is 3.34. The SMILES string of the molecule is CCC(CC)(C(=O)O)N1C(=O)CSC1=O. The van der Waals surface area contributed by atoms with Crippen molar-refractivity contribution in [3.05, 3.63) is 0 Å². The van der Waals surface area contributed by atoms with E-state index in [-0.39, 0.29) is 18.6 Å². The molecule has 1 heterocycles. The van der Waals surface area contributed by atoms with Gasteiger partial charge in [-0.2, -0.15) is 0 Å². The third-order valence-electron chi connectivity index (χ3n) is 2.75. The fourth-order valence-electron chi connectivity index (χ4n) is 1.73. The van der Waals surface area contributed by atoms with Crippen LogP contribution in [0.4, 0.5) is 4.79 Å². The van der Waals surface area contributed by atoms with Crippen LogP contribution in [0.15, 0.2) is 0 Å². The number of carbonyl (C=O) groups is 3. The second kappa shape index (κ2) is 4.22. The molecule has 0 bridgehead atoms. The largest absolute Gasteiger partial charge is 0.479 e. The molecule has 1 saturated heterocycles. The second-order valence-electron chi connectivity index (χ2n) is 3.33. The molecule has 0 spiro atoms. The van der Waals surface area contributed by atoms with E-state index in [0.717, 1.165) is 16.7 Å². The van der Waals surface area contributed by atoms with Crippen molar-refractivity contribution in [1.29, 1.82) is 0 Å². The smallest absolute Gasteiger partial charge is 0.330 e. The lowest BCUT2D eigenvalue weighted by Crippen LogP contribution is -2.56. The van der Waals surface area contributed by atoms with Crippen LogP contribution in [0.5, 0.6) is 0 Å². The fraction of sp³-hybridized carbons (Fsp3) is 0.667. The van der Waals surface area contributed by atoms with Gasteiger partial charge in [-0.3, -0.25) is 14.5 Å². The zero-order valence-electron chi connectivity index (χ0n) is 8.65. The topological polar surface area (TPSA) is 74.7 Å². The summed E-state index contributed by atoms with van der Waals surface area (Å²) in [6.07, 6.45) is 0.466. The maximum Gasteiger partial charge on any atom is 0.330 e. The summed E-state index contributed by atoms with van der Waals surface area (Å²) >= 11 is 0.863. The minimum atomic E-state index is -1.36. The van der Waals surface area contributed by atoms with Gasteiger partial charge < -0.3 is 5.11 Å². The maximum atomic E-state index is 11.5. The van der Waals surface area contributed by atoms with Crippen molar-refractivity contribution in [2.75, 3.05) is 5.75 Å². The average Bonchev–Trinajstić information content (AvgIpc) is 2.52. The molecule has 0 unspecified atom stereocenters. The van der Waals surface area contributed by atoms with E-state index < -0.39 is 22.7 Å². The molecule has 0 aromatic rings. The lowest BCUT2D eigenvalue weighted by atomic mass is 9.91. The number of rotatable bonds is 4. The molecule has 6 heteroatoms. The van der Waals surface area contributed by atoms with Gasteiger partial charge in [0.25, 0.3) is 5.24 Å². The van der Waals surface area contributed by atoms with Crippen LogP contribution in [0.1, 0.15) is 26.7 Å². The van der Waals surface area contributed by atoms with Crippen molar-refractivity contribution in [3.8, 4) is 0 Å². The van der Waals surface area contributed by atoms with Gasteiger partial charge in [0.15, 0.2) is 0 Å². The predicted octanol–water partition coefficient (Wildman–Crippen LogP) is 1.33. The zero-order valence-corrected chi connectivity index (χ0v) is 9.47. The van der Waals surface area contributed by atoms with E-state index in [1.807, 2.05) is 0 Å². The number of carboxylic acids is 1. The second-order valence-corrected chi connectivity index (χ2v) is 4.25. The Morgan fingerprint density at radius 2 is 2.00 bits per heavy atom. The highest BCUT2D eigenvalue weighted by molar-refractivity contribution is 8.14. The van der Waals surface area contributed by atoms with E-state index in [1.54, 1.807) is 13.8 Å². The molecule has 1 aliphatic heterocycles. The lowest BCUT2D eigenvalue weighted by molar-refractivity contribution is -0.154. The molecule has 1 fully saturated rings. The van der Waals surface area contributed by atoms with E-state index in [0.29, 0.717) is 0 Å². The highest BCUT2D eigenvalue weighted by atomic mass is 32.2. The standard InChI is InChI=1S/C9H13NO4S/c1-3-9(4-2,7(12)13)10-6(11)5-15-8(10)14/h3-5H2,1-2H3,(H,12,13). The summed E-state index contributed by atoms with van der Waals surface area (Å²) in [6, 6.07) is 0. The summed E-state index contributed by atoms with van der Waals surface area (Å²) in [7, 11) is 0. The molecule has 84 valence electrons. The van der Waals surface area contributed by atoms with E-state index in [9.17, 15) is 14.4 Å². The first-order valence-corrected chi connectivity index (χ1v) is 5.71. The van der Waals surface area contributed by atoms with E-state index in [4.69, 9.17) is 5.11 Å². The van der Waals surface area contributed by atoms with E-state index in [2.05, 4.69) is 0 Å². The van der Waals surface area contributed by atoms with Crippen LogP contribution in [0, 0.1) is 0 Å². The Kier molecular flexibility index (Phi) is 3.38. The molecular weight excluding hydrogens is 218 g/mol. The van der Waals surface area contributed by atoms with Gasteiger partial charge >= 0.3 is 5.97 Å². The third-order valence-corrected chi connectivity index (χ3v) is 3.57. The number of carbonyl (C=O) groups excluding carboxylic acids is 2. The van der Waals surface area contributed by atoms with Gasteiger partial charge in [-0.05, 0) is 12.8 Å². The molecule has 0 atom stereocenters. The molecule has 2 amide bonds. The number of hydrogen-bond donors (Lipinski definition) is 1. The monoisotopic (exact) mass is 231 g/mol. The van der Waals surface area contributed by atoms with E-state index in [1.165, 1.54) is 0 Å². The quantitative estimate of drug-likeness (QED) is 0.789. The maximum absolute atomic E-state index is 11.5. The molecule has 0 aliphatic carbocycles. The molecule has 5 nitrogen and oxygen atoms in total. The van der Waals surface area contributed by atoms with Crippen LogP contribution in [0.25, 0.3) is 0 Å². The first-order chi connectivity index (χ1) is 6.99. The summed E-state index contributed by atoms with van der Waals surface area (Å²) in [4.78, 5) is 35.0. The summed E-state index contributed by atoms with van der Waals surface area (Å²) in [5.41, 5.74) is -1.36. The molecule has 1 N–H and O–H groups in total. The Morgan fingerprint density at radius 3 is 2.27 bits per heavy atom. The molecule has 1 aliphatic rings. The number of nitrogens with zero attached hydrogens (tertiary/aromatic N) is 1. The van der Waals surface area contributed by atoms with E-state index >= 15 is 0 Å². The summed E-state index contributed by atoms with van der Waals surface area (Å²) in [5.74, 6) is -1.47. The lowest BCUT2D eigenvalue weighted by Gasteiger charge is -2.34. The minimum Gasteiger partial charge on any atom is -0.479 e.